The van der Waals surface area contributed by atoms with E-state index in [2.05, 4.69) is 19.1 Å². The molecule has 2 aromatic rings. The van der Waals surface area contributed by atoms with Crippen molar-refractivity contribution in [2.45, 2.75) is 27.3 Å². The van der Waals surface area contributed by atoms with E-state index in [1.54, 1.807) is 12.1 Å². The number of hydrogen-bond donors (Lipinski definition) is 1. The Labute approximate surface area is 107 Å². The van der Waals surface area contributed by atoms with Gasteiger partial charge in [-0.25, -0.2) is 4.39 Å². The van der Waals surface area contributed by atoms with Crippen LogP contribution in [0, 0.1) is 26.6 Å². The average molecular weight is 243 g/mol. The highest BCUT2D eigenvalue weighted by Crippen LogP contribution is 2.31. The molecular formula is C16H18FN. The zero-order valence-electron chi connectivity index (χ0n) is 11.0. The summed E-state index contributed by atoms with van der Waals surface area (Å²) in [5.41, 5.74) is 12.2. The van der Waals surface area contributed by atoms with Gasteiger partial charge in [0.15, 0.2) is 0 Å². The first-order chi connectivity index (χ1) is 8.52. The van der Waals surface area contributed by atoms with E-state index < -0.39 is 0 Å². The molecule has 0 saturated carbocycles. The lowest BCUT2D eigenvalue weighted by Gasteiger charge is -2.15. The van der Waals surface area contributed by atoms with Crippen molar-refractivity contribution in [2.75, 3.05) is 0 Å². The molecule has 0 aromatic heterocycles. The summed E-state index contributed by atoms with van der Waals surface area (Å²) in [4.78, 5) is 0. The SMILES string of the molecule is Cc1ccc(CN)c(-c2c(C)cc(F)cc2C)c1. The van der Waals surface area contributed by atoms with Crippen LogP contribution >= 0.6 is 0 Å². The lowest BCUT2D eigenvalue weighted by atomic mass is 9.91. The summed E-state index contributed by atoms with van der Waals surface area (Å²) < 4.78 is 13.4. The van der Waals surface area contributed by atoms with E-state index >= 15 is 0 Å². The summed E-state index contributed by atoms with van der Waals surface area (Å²) in [6.07, 6.45) is 0. The molecule has 0 saturated heterocycles. The molecule has 0 fully saturated rings. The molecule has 0 unspecified atom stereocenters. The maximum atomic E-state index is 13.4. The van der Waals surface area contributed by atoms with Gasteiger partial charge in [-0.3, -0.25) is 0 Å². The number of aryl methyl sites for hydroxylation is 3. The van der Waals surface area contributed by atoms with Gasteiger partial charge in [0.05, 0.1) is 0 Å². The summed E-state index contributed by atoms with van der Waals surface area (Å²) in [6.45, 7) is 6.42. The second-order valence-electron chi connectivity index (χ2n) is 4.78. The van der Waals surface area contributed by atoms with Gasteiger partial charge in [0.1, 0.15) is 5.82 Å². The van der Waals surface area contributed by atoms with Crippen LogP contribution in [-0.4, -0.2) is 0 Å². The van der Waals surface area contributed by atoms with Gasteiger partial charge < -0.3 is 5.73 Å². The van der Waals surface area contributed by atoms with Crippen LogP contribution in [0.25, 0.3) is 11.1 Å². The van der Waals surface area contributed by atoms with E-state index in [9.17, 15) is 4.39 Å². The summed E-state index contributed by atoms with van der Waals surface area (Å²) in [6, 6.07) is 9.37. The molecule has 0 spiro atoms. The van der Waals surface area contributed by atoms with E-state index in [0.29, 0.717) is 6.54 Å². The van der Waals surface area contributed by atoms with E-state index in [4.69, 9.17) is 5.73 Å². The summed E-state index contributed by atoms with van der Waals surface area (Å²) in [5.74, 6) is -0.185. The van der Waals surface area contributed by atoms with Crippen LogP contribution < -0.4 is 5.73 Å². The molecule has 0 aliphatic rings. The van der Waals surface area contributed by atoms with Crippen LogP contribution in [0.3, 0.4) is 0 Å². The molecule has 18 heavy (non-hydrogen) atoms. The normalized spacial score (nSPS) is 10.7. The third-order valence-corrected chi connectivity index (χ3v) is 3.25. The molecule has 2 aromatic carbocycles. The van der Waals surface area contributed by atoms with Gasteiger partial charge in [0, 0.05) is 6.54 Å². The van der Waals surface area contributed by atoms with Crippen LogP contribution in [0.2, 0.25) is 0 Å². The molecule has 2 N–H and O–H groups in total. The second-order valence-corrected chi connectivity index (χ2v) is 4.78. The largest absolute Gasteiger partial charge is 0.326 e. The average Bonchev–Trinajstić information content (AvgIpc) is 2.28. The monoisotopic (exact) mass is 243 g/mol. The van der Waals surface area contributed by atoms with Crippen molar-refractivity contribution in [1.82, 2.24) is 0 Å². The predicted molar refractivity (Wildman–Crippen MR) is 73.9 cm³/mol. The lowest BCUT2D eigenvalue weighted by molar-refractivity contribution is 0.625. The Balaban J connectivity index is 2.72. The fourth-order valence-electron chi connectivity index (χ4n) is 2.44. The fourth-order valence-corrected chi connectivity index (χ4v) is 2.44. The smallest absolute Gasteiger partial charge is 0.123 e. The van der Waals surface area contributed by atoms with Crippen LogP contribution in [-0.2, 0) is 6.54 Å². The third-order valence-electron chi connectivity index (χ3n) is 3.25. The third kappa shape index (κ3) is 2.29. The standard InChI is InChI=1S/C16H18FN/c1-10-4-5-13(9-18)15(6-10)16-11(2)7-14(17)8-12(16)3/h4-8H,9,18H2,1-3H3. The van der Waals surface area contributed by atoms with Crippen molar-refractivity contribution in [3.63, 3.8) is 0 Å². The number of hydrogen-bond acceptors (Lipinski definition) is 1. The maximum absolute atomic E-state index is 13.4. The van der Waals surface area contributed by atoms with E-state index in [0.717, 1.165) is 27.8 Å². The fraction of sp³-hybridized carbons (Fsp3) is 0.250. The molecule has 0 atom stereocenters. The molecule has 1 nitrogen and oxygen atoms in total. The van der Waals surface area contributed by atoms with E-state index in [-0.39, 0.29) is 5.82 Å². The molecule has 0 amide bonds. The van der Waals surface area contributed by atoms with Gasteiger partial charge in [-0.1, -0.05) is 23.8 Å². The van der Waals surface area contributed by atoms with Crippen LogP contribution in [0.15, 0.2) is 30.3 Å². The van der Waals surface area contributed by atoms with Crippen LogP contribution in [0.5, 0.6) is 0 Å². The van der Waals surface area contributed by atoms with Crippen molar-refractivity contribution in [2.24, 2.45) is 5.73 Å². The number of halogens is 1. The van der Waals surface area contributed by atoms with Gasteiger partial charge in [-0.05, 0) is 60.7 Å². The quantitative estimate of drug-likeness (QED) is 0.851. The van der Waals surface area contributed by atoms with Crippen molar-refractivity contribution < 1.29 is 4.39 Å². The van der Waals surface area contributed by atoms with Gasteiger partial charge >= 0.3 is 0 Å². The van der Waals surface area contributed by atoms with Gasteiger partial charge in [-0.15, -0.1) is 0 Å². The zero-order chi connectivity index (χ0) is 13.3. The molecule has 0 aliphatic carbocycles. The predicted octanol–water partition coefficient (Wildman–Crippen LogP) is 3.88. The minimum atomic E-state index is -0.185. The van der Waals surface area contributed by atoms with Gasteiger partial charge in [0.25, 0.3) is 0 Å². The van der Waals surface area contributed by atoms with Crippen molar-refractivity contribution >= 4 is 0 Å². The Morgan fingerprint density at radius 1 is 1.00 bits per heavy atom. The molecule has 0 radical (unpaired) electrons. The minimum absolute atomic E-state index is 0.185. The molecule has 0 aliphatic heterocycles. The Bertz CT molecular complexity index is 565. The highest BCUT2D eigenvalue weighted by atomic mass is 19.1. The van der Waals surface area contributed by atoms with Crippen LogP contribution in [0.4, 0.5) is 4.39 Å². The van der Waals surface area contributed by atoms with Crippen molar-refractivity contribution in [3.05, 3.63) is 58.4 Å². The van der Waals surface area contributed by atoms with Crippen molar-refractivity contribution in [1.29, 1.82) is 0 Å². The van der Waals surface area contributed by atoms with E-state index in [1.807, 2.05) is 19.9 Å². The highest BCUT2D eigenvalue weighted by Gasteiger charge is 2.11. The topological polar surface area (TPSA) is 26.0 Å². The summed E-state index contributed by atoms with van der Waals surface area (Å²) in [7, 11) is 0. The summed E-state index contributed by atoms with van der Waals surface area (Å²) >= 11 is 0. The molecule has 0 heterocycles. The zero-order valence-corrected chi connectivity index (χ0v) is 11.0. The van der Waals surface area contributed by atoms with Gasteiger partial charge in [0.2, 0.25) is 0 Å². The molecule has 0 bridgehead atoms. The van der Waals surface area contributed by atoms with Crippen molar-refractivity contribution in [3.8, 4) is 11.1 Å². The summed E-state index contributed by atoms with van der Waals surface area (Å²) in [5, 5.41) is 0. The minimum Gasteiger partial charge on any atom is -0.326 e. The molecule has 2 rings (SSSR count). The van der Waals surface area contributed by atoms with Crippen LogP contribution in [0.1, 0.15) is 22.3 Å². The lowest BCUT2D eigenvalue weighted by Crippen LogP contribution is -2.01. The number of nitrogens with two attached hydrogens (primary N) is 1. The first-order valence-corrected chi connectivity index (χ1v) is 6.09. The second kappa shape index (κ2) is 4.91. The van der Waals surface area contributed by atoms with Gasteiger partial charge in [-0.2, -0.15) is 0 Å². The van der Waals surface area contributed by atoms with E-state index in [1.165, 1.54) is 5.56 Å². The number of benzene rings is 2. The Morgan fingerprint density at radius 2 is 1.61 bits per heavy atom. The molecular weight excluding hydrogens is 225 g/mol. The Kier molecular flexibility index (Phi) is 3.48. The highest BCUT2D eigenvalue weighted by molar-refractivity contribution is 5.74. The first kappa shape index (κ1) is 12.8. The number of rotatable bonds is 2. The Hall–Kier alpha value is -1.67. The first-order valence-electron chi connectivity index (χ1n) is 6.09. The maximum Gasteiger partial charge on any atom is 0.123 e. The Morgan fingerprint density at radius 3 is 2.17 bits per heavy atom. The molecule has 94 valence electrons. The molecule has 2 heteroatoms.